The number of methoxy groups -OCH3 is 2. The van der Waals surface area contributed by atoms with Crippen LogP contribution in [0.4, 0.5) is 5.69 Å². The Kier molecular flexibility index (Phi) is 6.63. The van der Waals surface area contributed by atoms with E-state index < -0.39 is 5.97 Å². The van der Waals surface area contributed by atoms with Crippen molar-refractivity contribution in [1.29, 1.82) is 0 Å². The molecular weight excluding hydrogens is 390 g/mol. The first-order valence-electron chi connectivity index (χ1n) is 9.19. The van der Waals surface area contributed by atoms with Gasteiger partial charge in [0.05, 0.1) is 19.9 Å². The highest BCUT2D eigenvalue weighted by Gasteiger charge is 2.16. The number of rotatable bonds is 8. The molecule has 3 aromatic rings. The minimum atomic E-state index is -0.687. The van der Waals surface area contributed by atoms with Crippen LogP contribution in [0.25, 0.3) is 11.4 Å². The van der Waals surface area contributed by atoms with E-state index in [1.807, 2.05) is 12.1 Å². The molecular formula is C21H21N3O6. The van der Waals surface area contributed by atoms with E-state index >= 15 is 0 Å². The van der Waals surface area contributed by atoms with Crippen LogP contribution >= 0.6 is 0 Å². The fourth-order valence-electron chi connectivity index (χ4n) is 2.75. The van der Waals surface area contributed by atoms with E-state index in [9.17, 15) is 14.7 Å². The van der Waals surface area contributed by atoms with Crippen molar-refractivity contribution < 1.29 is 28.7 Å². The normalized spacial score (nSPS) is 10.5. The number of hydrogen-bond acceptors (Lipinski definition) is 8. The molecule has 3 rings (SSSR count). The number of nitrogens with zero attached hydrogens (tertiary/aromatic N) is 2. The first-order valence-corrected chi connectivity index (χ1v) is 9.19. The Morgan fingerprint density at radius 3 is 2.60 bits per heavy atom. The summed E-state index contributed by atoms with van der Waals surface area (Å²) in [6, 6.07) is 11.7. The zero-order valence-electron chi connectivity index (χ0n) is 16.5. The SMILES string of the molecule is COC(=O)c1cccc(NC(=O)CCCc2nc(-c3ccc(OC)cc3)no2)c1O. The van der Waals surface area contributed by atoms with Gasteiger partial charge in [-0.25, -0.2) is 4.79 Å². The number of para-hydroxylation sites is 1. The van der Waals surface area contributed by atoms with Gasteiger partial charge in [0.1, 0.15) is 11.3 Å². The van der Waals surface area contributed by atoms with Crippen LogP contribution in [-0.2, 0) is 16.0 Å². The number of ether oxygens (including phenoxy) is 2. The summed E-state index contributed by atoms with van der Waals surface area (Å²) in [5.74, 6) is 0.274. The van der Waals surface area contributed by atoms with Gasteiger partial charge in [-0.2, -0.15) is 4.98 Å². The number of benzene rings is 2. The number of phenolic OH excluding ortho intramolecular Hbond substituents is 1. The molecule has 0 saturated heterocycles. The minimum absolute atomic E-state index is 0.0211. The first kappa shape index (κ1) is 20.8. The zero-order chi connectivity index (χ0) is 21.5. The monoisotopic (exact) mass is 411 g/mol. The molecule has 0 fully saturated rings. The van der Waals surface area contributed by atoms with Crippen LogP contribution in [-0.4, -0.2) is 41.3 Å². The van der Waals surface area contributed by atoms with Crippen LogP contribution in [0, 0.1) is 0 Å². The van der Waals surface area contributed by atoms with Gasteiger partial charge in [-0.15, -0.1) is 0 Å². The molecule has 0 bridgehead atoms. The zero-order valence-corrected chi connectivity index (χ0v) is 16.5. The van der Waals surface area contributed by atoms with E-state index in [2.05, 4.69) is 20.2 Å². The van der Waals surface area contributed by atoms with Crippen molar-refractivity contribution in [2.45, 2.75) is 19.3 Å². The Morgan fingerprint density at radius 1 is 1.13 bits per heavy atom. The van der Waals surface area contributed by atoms with Gasteiger partial charge in [-0.1, -0.05) is 11.2 Å². The standard InChI is InChI=1S/C21H21N3O6/c1-28-14-11-9-13(10-12-14)20-23-18(30-24-20)8-4-7-17(25)22-16-6-3-5-15(19(16)26)21(27)29-2/h3,5-6,9-12,26H,4,7-8H2,1-2H3,(H,22,25). The lowest BCUT2D eigenvalue weighted by Crippen LogP contribution is -2.12. The number of aryl methyl sites for hydroxylation is 1. The van der Waals surface area contributed by atoms with Crippen molar-refractivity contribution in [2.24, 2.45) is 0 Å². The number of phenols is 1. The lowest BCUT2D eigenvalue weighted by atomic mass is 10.1. The minimum Gasteiger partial charge on any atom is -0.505 e. The van der Waals surface area contributed by atoms with E-state index in [4.69, 9.17) is 9.26 Å². The van der Waals surface area contributed by atoms with Gasteiger partial charge >= 0.3 is 5.97 Å². The molecule has 1 heterocycles. The molecule has 0 saturated carbocycles. The van der Waals surface area contributed by atoms with Gasteiger partial charge in [0.15, 0.2) is 5.75 Å². The molecule has 0 atom stereocenters. The fourth-order valence-corrected chi connectivity index (χ4v) is 2.75. The second kappa shape index (κ2) is 9.55. The summed E-state index contributed by atoms with van der Waals surface area (Å²) in [6.07, 6.45) is 1.06. The fraction of sp³-hybridized carbons (Fsp3) is 0.238. The molecule has 0 spiro atoms. The Balaban J connectivity index is 1.53. The summed E-state index contributed by atoms with van der Waals surface area (Å²) < 4.78 is 14.9. The first-order chi connectivity index (χ1) is 14.5. The van der Waals surface area contributed by atoms with Gasteiger partial charge in [-0.3, -0.25) is 4.79 Å². The maximum atomic E-state index is 12.2. The summed E-state index contributed by atoms with van der Waals surface area (Å²) >= 11 is 0. The Labute approximate surface area is 172 Å². The number of nitrogens with one attached hydrogen (secondary N) is 1. The highest BCUT2D eigenvalue weighted by atomic mass is 16.5. The third kappa shape index (κ3) is 4.93. The Morgan fingerprint density at radius 2 is 1.90 bits per heavy atom. The van der Waals surface area contributed by atoms with Crippen LogP contribution in [0.2, 0.25) is 0 Å². The number of amides is 1. The van der Waals surface area contributed by atoms with Gasteiger partial charge in [0.2, 0.25) is 17.6 Å². The molecule has 0 aliphatic heterocycles. The van der Waals surface area contributed by atoms with Crippen molar-refractivity contribution in [3.05, 3.63) is 53.9 Å². The Hall–Kier alpha value is -3.88. The molecule has 0 unspecified atom stereocenters. The average Bonchev–Trinajstić information content (AvgIpc) is 3.23. The predicted molar refractivity (Wildman–Crippen MR) is 107 cm³/mol. The number of hydrogen-bond donors (Lipinski definition) is 2. The maximum absolute atomic E-state index is 12.2. The Bertz CT molecular complexity index is 1030. The molecule has 9 nitrogen and oxygen atoms in total. The number of anilines is 1. The van der Waals surface area contributed by atoms with Crippen LogP contribution < -0.4 is 10.1 Å². The summed E-state index contributed by atoms with van der Waals surface area (Å²) in [6.45, 7) is 0. The van der Waals surface area contributed by atoms with Crippen molar-refractivity contribution in [3.8, 4) is 22.9 Å². The number of carbonyl (C=O) groups is 2. The highest BCUT2D eigenvalue weighted by molar-refractivity contribution is 5.98. The van der Waals surface area contributed by atoms with E-state index in [1.165, 1.54) is 19.2 Å². The second-order valence-corrected chi connectivity index (χ2v) is 6.34. The third-order valence-corrected chi connectivity index (χ3v) is 4.33. The van der Waals surface area contributed by atoms with Crippen molar-refractivity contribution in [3.63, 3.8) is 0 Å². The summed E-state index contributed by atoms with van der Waals surface area (Å²) in [7, 11) is 2.80. The molecule has 0 aliphatic rings. The largest absolute Gasteiger partial charge is 0.505 e. The quantitative estimate of drug-likeness (QED) is 0.428. The van der Waals surface area contributed by atoms with Gasteiger partial charge < -0.3 is 24.4 Å². The molecule has 0 radical (unpaired) electrons. The third-order valence-electron chi connectivity index (χ3n) is 4.33. The maximum Gasteiger partial charge on any atom is 0.341 e. The van der Waals surface area contributed by atoms with Crippen molar-refractivity contribution in [1.82, 2.24) is 10.1 Å². The number of aromatic nitrogens is 2. The number of aromatic hydroxyl groups is 1. The van der Waals surface area contributed by atoms with Crippen LogP contribution in [0.5, 0.6) is 11.5 Å². The average molecular weight is 411 g/mol. The van der Waals surface area contributed by atoms with Gasteiger partial charge in [0.25, 0.3) is 0 Å². The number of carbonyl (C=O) groups excluding carboxylic acids is 2. The second-order valence-electron chi connectivity index (χ2n) is 6.34. The van der Waals surface area contributed by atoms with Crippen LogP contribution in [0.1, 0.15) is 29.1 Å². The number of esters is 1. The van der Waals surface area contributed by atoms with Crippen molar-refractivity contribution >= 4 is 17.6 Å². The molecule has 0 aliphatic carbocycles. The predicted octanol–water partition coefficient (Wildman–Crippen LogP) is 3.20. The van der Waals surface area contributed by atoms with Crippen LogP contribution in [0.15, 0.2) is 47.0 Å². The molecule has 2 N–H and O–H groups in total. The van der Waals surface area contributed by atoms with Gasteiger partial charge in [-0.05, 0) is 42.8 Å². The molecule has 9 heteroatoms. The summed E-state index contributed by atoms with van der Waals surface area (Å²) in [5, 5.41) is 16.7. The van der Waals surface area contributed by atoms with Crippen molar-refractivity contribution in [2.75, 3.05) is 19.5 Å². The summed E-state index contributed by atoms with van der Waals surface area (Å²) in [5.41, 5.74) is 0.916. The van der Waals surface area contributed by atoms with E-state index in [0.717, 1.165) is 11.3 Å². The highest BCUT2D eigenvalue weighted by Crippen LogP contribution is 2.28. The van der Waals surface area contributed by atoms with E-state index in [1.54, 1.807) is 25.3 Å². The topological polar surface area (TPSA) is 124 Å². The molecule has 30 heavy (non-hydrogen) atoms. The lowest BCUT2D eigenvalue weighted by molar-refractivity contribution is -0.116. The van der Waals surface area contributed by atoms with E-state index in [0.29, 0.717) is 24.6 Å². The smallest absolute Gasteiger partial charge is 0.341 e. The molecule has 156 valence electrons. The summed E-state index contributed by atoms with van der Waals surface area (Å²) in [4.78, 5) is 28.1. The van der Waals surface area contributed by atoms with Crippen LogP contribution in [0.3, 0.4) is 0 Å². The molecule has 1 aromatic heterocycles. The van der Waals surface area contributed by atoms with Gasteiger partial charge in [0, 0.05) is 18.4 Å². The van der Waals surface area contributed by atoms with E-state index in [-0.39, 0.29) is 29.3 Å². The molecule has 2 aromatic carbocycles. The lowest BCUT2D eigenvalue weighted by Gasteiger charge is -2.09. The molecule has 1 amide bonds.